The molecular formula is C32H39N3O4. The monoisotopic (exact) mass is 529 g/mol. The van der Waals surface area contributed by atoms with Crippen molar-refractivity contribution in [3.63, 3.8) is 0 Å². The Balaban J connectivity index is 0.00000172. The van der Waals surface area contributed by atoms with Crippen LogP contribution in [-0.4, -0.2) is 49.7 Å². The lowest BCUT2D eigenvalue weighted by Crippen LogP contribution is -2.49. The number of benzene rings is 3. The van der Waals surface area contributed by atoms with E-state index in [-0.39, 0.29) is 12.0 Å². The fourth-order valence-corrected chi connectivity index (χ4v) is 4.72. The summed E-state index contributed by atoms with van der Waals surface area (Å²) in [6, 6.07) is 23.8. The summed E-state index contributed by atoms with van der Waals surface area (Å²) >= 11 is 0. The van der Waals surface area contributed by atoms with Gasteiger partial charge in [0.05, 0.1) is 13.2 Å². The first kappa shape index (κ1) is 28.0. The highest BCUT2D eigenvalue weighted by atomic mass is 16.6. The number of amides is 2. The largest absolute Gasteiger partial charge is 0.489 e. The molecule has 5 rings (SSSR count). The third-order valence-electron chi connectivity index (χ3n) is 6.92. The molecule has 0 spiro atoms. The molecule has 2 aliphatic rings. The van der Waals surface area contributed by atoms with E-state index in [1.54, 1.807) is 9.80 Å². The maximum atomic E-state index is 13.1. The molecular weight excluding hydrogens is 490 g/mol. The number of hydrogen-bond acceptors (Lipinski definition) is 5. The number of ether oxygens (including phenoxy) is 2. The van der Waals surface area contributed by atoms with Crippen molar-refractivity contribution in [2.24, 2.45) is 0 Å². The van der Waals surface area contributed by atoms with Crippen molar-refractivity contribution in [1.82, 2.24) is 4.90 Å². The van der Waals surface area contributed by atoms with Gasteiger partial charge in [0, 0.05) is 43.1 Å². The van der Waals surface area contributed by atoms with Crippen molar-refractivity contribution in [2.45, 2.75) is 46.8 Å². The van der Waals surface area contributed by atoms with Gasteiger partial charge in [0.15, 0.2) is 0 Å². The smallest absolute Gasteiger partial charge is 0.409 e. The summed E-state index contributed by atoms with van der Waals surface area (Å²) in [6.45, 7) is 10.3. The lowest BCUT2D eigenvalue weighted by atomic mass is 10.1. The van der Waals surface area contributed by atoms with Gasteiger partial charge in [-0.25, -0.2) is 4.79 Å². The Kier molecular flexibility index (Phi) is 9.84. The van der Waals surface area contributed by atoms with Crippen LogP contribution < -0.4 is 14.5 Å². The maximum Gasteiger partial charge on any atom is 0.409 e. The Morgan fingerprint density at radius 2 is 1.56 bits per heavy atom. The van der Waals surface area contributed by atoms with Gasteiger partial charge in [0.1, 0.15) is 12.4 Å². The van der Waals surface area contributed by atoms with E-state index in [0.29, 0.717) is 32.8 Å². The minimum Gasteiger partial charge on any atom is -0.489 e. The quantitative estimate of drug-likeness (QED) is 0.311. The van der Waals surface area contributed by atoms with E-state index < -0.39 is 0 Å². The maximum absolute atomic E-state index is 13.1. The number of carbonyl (C=O) groups excluding carboxylic acids is 2. The SMILES string of the molecule is CC.CCCCOC(=O)N1CCN(c2ccc3c(c2)CN(c2ccc(OCc4ccccc4)cc2)C3=O)CC1. The van der Waals surface area contributed by atoms with Crippen molar-refractivity contribution in [3.8, 4) is 5.75 Å². The van der Waals surface area contributed by atoms with E-state index in [9.17, 15) is 9.59 Å². The summed E-state index contributed by atoms with van der Waals surface area (Å²) in [6.07, 6.45) is 1.68. The van der Waals surface area contributed by atoms with Gasteiger partial charge in [-0.05, 0) is 60.0 Å². The Labute approximate surface area is 231 Å². The number of hydrogen-bond donors (Lipinski definition) is 0. The lowest BCUT2D eigenvalue weighted by molar-refractivity contribution is 0.0984. The molecule has 3 aromatic rings. The Hall–Kier alpha value is -4.00. The Bertz CT molecular complexity index is 1220. The molecule has 0 N–H and O–H groups in total. The number of carbonyl (C=O) groups is 2. The zero-order valence-electron chi connectivity index (χ0n) is 23.3. The first-order chi connectivity index (χ1) is 19.1. The summed E-state index contributed by atoms with van der Waals surface area (Å²) in [5.41, 5.74) is 4.81. The van der Waals surface area contributed by atoms with Crippen LogP contribution in [0, 0.1) is 0 Å². The highest BCUT2D eigenvalue weighted by molar-refractivity contribution is 6.10. The van der Waals surface area contributed by atoms with Gasteiger partial charge >= 0.3 is 6.09 Å². The van der Waals surface area contributed by atoms with E-state index in [0.717, 1.165) is 59.7 Å². The van der Waals surface area contributed by atoms with Crippen LogP contribution in [0.5, 0.6) is 5.75 Å². The predicted molar refractivity (Wildman–Crippen MR) is 156 cm³/mol. The van der Waals surface area contributed by atoms with Gasteiger partial charge in [0.25, 0.3) is 5.91 Å². The molecule has 2 aliphatic heterocycles. The molecule has 2 amide bonds. The molecule has 7 nitrogen and oxygen atoms in total. The normalized spacial score (nSPS) is 14.4. The predicted octanol–water partition coefficient (Wildman–Crippen LogP) is 6.51. The van der Waals surface area contributed by atoms with Crippen molar-refractivity contribution in [1.29, 1.82) is 0 Å². The van der Waals surface area contributed by atoms with Gasteiger partial charge in [-0.1, -0.05) is 57.5 Å². The fourth-order valence-electron chi connectivity index (χ4n) is 4.72. The molecule has 0 radical (unpaired) electrons. The summed E-state index contributed by atoms with van der Waals surface area (Å²) in [7, 11) is 0. The van der Waals surface area contributed by atoms with Crippen molar-refractivity contribution < 1.29 is 19.1 Å². The second-order valence-electron chi connectivity index (χ2n) is 9.44. The third-order valence-corrected chi connectivity index (χ3v) is 6.92. The van der Waals surface area contributed by atoms with Crippen molar-refractivity contribution >= 4 is 23.4 Å². The minimum atomic E-state index is -0.222. The van der Waals surface area contributed by atoms with Crippen LogP contribution in [0.3, 0.4) is 0 Å². The summed E-state index contributed by atoms with van der Waals surface area (Å²) in [5, 5.41) is 0. The molecule has 39 heavy (non-hydrogen) atoms. The van der Waals surface area contributed by atoms with E-state index >= 15 is 0 Å². The van der Waals surface area contributed by atoms with Crippen molar-refractivity contribution in [2.75, 3.05) is 42.6 Å². The number of unbranched alkanes of at least 4 members (excludes halogenated alkanes) is 1. The average Bonchev–Trinajstić information content (AvgIpc) is 3.33. The second-order valence-corrected chi connectivity index (χ2v) is 9.44. The zero-order valence-corrected chi connectivity index (χ0v) is 23.3. The molecule has 2 heterocycles. The van der Waals surface area contributed by atoms with Crippen LogP contribution in [0.15, 0.2) is 72.8 Å². The van der Waals surface area contributed by atoms with E-state index in [2.05, 4.69) is 17.9 Å². The molecule has 0 unspecified atom stereocenters. The summed E-state index contributed by atoms with van der Waals surface area (Å²) in [5.74, 6) is 0.784. The number of piperazine rings is 1. The molecule has 0 atom stereocenters. The molecule has 0 aliphatic carbocycles. The molecule has 0 saturated carbocycles. The molecule has 0 bridgehead atoms. The first-order valence-electron chi connectivity index (χ1n) is 14.0. The van der Waals surface area contributed by atoms with E-state index in [1.807, 2.05) is 80.6 Å². The molecule has 7 heteroatoms. The van der Waals surface area contributed by atoms with Crippen LogP contribution in [-0.2, 0) is 17.9 Å². The fraction of sp³-hybridized carbons (Fsp3) is 0.375. The van der Waals surface area contributed by atoms with Crippen LogP contribution in [0.2, 0.25) is 0 Å². The molecule has 0 aromatic heterocycles. The zero-order chi connectivity index (χ0) is 27.6. The van der Waals surface area contributed by atoms with Crippen LogP contribution in [0.25, 0.3) is 0 Å². The van der Waals surface area contributed by atoms with E-state index in [4.69, 9.17) is 9.47 Å². The van der Waals surface area contributed by atoms with E-state index in [1.165, 1.54) is 0 Å². The van der Waals surface area contributed by atoms with Gasteiger partial charge < -0.3 is 24.2 Å². The van der Waals surface area contributed by atoms with Gasteiger partial charge in [-0.2, -0.15) is 0 Å². The van der Waals surface area contributed by atoms with Crippen LogP contribution in [0.4, 0.5) is 16.2 Å². The molecule has 206 valence electrons. The Morgan fingerprint density at radius 1 is 0.872 bits per heavy atom. The first-order valence-corrected chi connectivity index (χ1v) is 14.0. The minimum absolute atomic E-state index is 0.0131. The standard InChI is InChI=1S/C30H33N3O4.C2H6/c1-2-3-19-36-30(35)32-17-15-31(16-18-32)26-11-14-28-24(20-26)21-33(29(28)34)25-9-12-27(13-10-25)37-22-23-7-5-4-6-8-23;1-2/h4-14,20H,2-3,15-19,21-22H2,1H3;1-2H3. The second kappa shape index (κ2) is 13.7. The molecule has 1 saturated heterocycles. The van der Waals surface area contributed by atoms with Gasteiger partial charge in [-0.3, -0.25) is 4.79 Å². The highest BCUT2D eigenvalue weighted by Crippen LogP contribution is 2.32. The summed E-state index contributed by atoms with van der Waals surface area (Å²) < 4.78 is 11.2. The average molecular weight is 530 g/mol. The lowest BCUT2D eigenvalue weighted by Gasteiger charge is -2.35. The van der Waals surface area contributed by atoms with Gasteiger partial charge in [0.2, 0.25) is 0 Å². The third kappa shape index (κ3) is 6.91. The van der Waals surface area contributed by atoms with Crippen LogP contribution in [0.1, 0.15) is 55.1 Å². The number of nitrogens with zero attached hydrogens (tertiary/aromatic N) is 3. The van der Waals surface area contributed by atoms with Crippen LogP contribution >= 0.6 is 0 Å². The number of anilines is 2. The molecule has 3 aromatic carbocycles. The van der Waals surface area contributed by atoms with Crippen molar-refractivity contribution in [3.05, 3.63) is 89.5 Å². The van der Waals surface area contributed by atoms with Gasteiger partial charge in [-0.15, -0.1) is 0 Å². The number of fused-ring (bicyclic) bond motifs is 1. The topological polar surface area (TPSA) is 62.3 Å². The highest BCUT2D eigenvalue weighted by Gasteiger charge is 2.30. The summed E-state index contributed by atoms with van der Waals surface area (Å²) in [4.78, 5) is 31.2. The Morgan fingerprint density at radius 3 is 2.26 bits per heavy atom. The molecule has 1 fully saturated rings. The number of rotatable bonds is 8.